The lowest BCUT2D eigenvalue weighted by Gasteiger charge is -2.03. The summed E-state index contributed by atoms with van der Waals surface area (Å²) < 4.78 is 11.4. The number of carbonyl (C=O) groups is 1. The van der Waals surface area contributed by atoms with Crippen LogP contribution in [0.25, 0.3) is 0 Å². The van der Waals surface area contributed by atoms with Gasteiger partial charge in [0, 0.05) is 11.3 Å². The van der Waals surface area contributed by atoms with E-state index in [0.717, 1.165) is 10.1 Å². The first-order chi connectivity index (χ1) is 12.7. The summed E-state index contributed by atoms with van der Waals surface area (Å²) in [5.74, 6) is 1.78. The Morgan fingerprint density at radius 3 is 2.92 bits per heavy atom. The molecule has 1 N–H and O–H groups in total. The van der Waals surface area contributed by atoms with Crippen LogP contribution in [0, 0.1) is 6.92 Å². The number of aromatic nitrogens is 2. The van der Waals surface area contributed by atoms with E-state index in [0.29, 0.717) is 22.2 Å². The third-order valence-electron chi connectivity index (χ3n) is 3.87. The number of thioether (sulfide) groups is 1. The molecule has 4 rings (SSSR count). The molecule has 26 heavy (non-hydrogen) atoms. The van der Waals surface area contributed by atoms with Crippen molar-refractivity contribution < 1.29 is 14.3 Å². The van der Waals surface area contributed by atoms with Crippen LogP contribution in [-0.4, -0.2) is 22.9 Å². The summed E-state index contributed by atoms with van der Waals surface area (Å²) in [7, 11) is 0. The zero-order valence-corrected chi connectivity index (χ0v) is 15.5. The van der Waals surface area contributed by atoms with Gasteiger partial charge in [-0.1, -0.05) is 47.4 Å². The van der Waals surface area contributed by atoms with E-state index in [-0.39, 0.29) is 12.7 Å². The minimum absolute atomic E-state index is 0.179. The van der Waals surface area contributed by atoms with Gasteiger partial charge < -0.3 is 9.47 Å². The van der Waals surface area contributed by atoms with Crippen molar-refractivity contribution in [2.75, 3.05) is 12.1 Å². The second-order valence-electron chi connectivity index (χ2n) is 5.61. The van der Waals surface area contributed by atoms with Crippen molar-refractivity contribution in [1.29, 1.82) is 0 Å². The molecule has 2 aromatic carbocycles. The SMILES string of the molecule is Cc1ccccc1CSc1nnc(NC(=O)c2ccc3c(c2)OCO3)s1. The third-order valence-corrected chi connectivity index (χ3v) is 5.89. The highest BCUT2D eigenvalue weighted by Crippen LogP contribution is 2.33. The number of carbonyl (C=O) groups excluding carboxylic acids is 1. The first kappa shape index (κ1) is 16.9. The van der Waals surface area contributed by atoms with E-state index >= 15 is 0 Å². The van der Waals surface area contributed by atoms with Crippen molar-refractivity contribution in [2.45, 2.75) is 17.0 Å². The van der Waals surface area contributed by atoms with Gasteiger partial charge >= 0.3 is 0 Å². The van der Waals surface area contributed by atoms with Crippen LogP contribution in [0.4, 0.5) is 5.13 Å². The average Bonchev–Trinajstić information content (AvgIpc) is 3.29. The lowest BCUT2D eigenvalue weighted by Crippen LogP contribution is -2.11. The number of hydrogen-bond donors (Lipinski definition) is 1. The summed E-state index contributed by atoms with van der Waals surface area (Å²) >= 11 is 2.96. The minimum atomic E-state index is -0.255. The van der Waals surface area contributed by atoms with Gasteiger partial charge in [0.1, 0.15) is 0 Å². The number of anilines is 1. The molecule has 8 heteroatoms. The van der Waals surface area contributed by atoms with Crippen LogP contribution in [0.2, 0.25) is 0 Å². The normalized spacial score (nSPS) is 12.2. The van der Waals surface area contributed by atoms with Crippen LogP contribution in [-0.2, 0) is 5.75 Å². The monoisotopic (exact) mass is 385 g/mol. The average molecular weight is 385 g/mol. The molecule has 6 nitrogen and oxygen atoms in total. The molecule has 1 aliphatic rings. The van der Waals surface area contributed by atoms with Gasteiger partial charge in [-0.2, -0.15) is 0 Å². The van der Waals surface area contributed by atoms with E-state index in [1.54, 1.807) is 30.0 Å². The predicted molar refractivity (Wildman–Crippen MR) is 101 cm³/mol. The molecule has 1 aliphatic heterocycles. The highest BCUT2D eigenvalue weighted by molar-refractivity contribution is 8.00. The zero-order chi connectivity index (χ0) is 17.9. The van der Waals surface area contributed by atoms with Crippen molar-refractivity contribution >= 4 is 34.1 Å². The Morgan fingerprint density at radius 1 is 1.19 bits per heavy atom. The third kappa shape index (κ3) is 3.66. The number of aryl methyl sites for hydroxylation is 1. The van der Waals surface area contributed by atoms with Gasteiger partial charge in [0.05, 0.1) is 0 Å². The van der Waals surface area contributed by atoms with Crippen molar-refractivity contribution in [3.63, 3.8) is 0 Å². The van der Waals surface area contributed by atoms with Gasteiger partial charge in [0.25, 0.3) is 5.91 Å². The topological polar surface area (TPSA) is 73.3 Å². The Bertz CT molecular complexity index is 958. The molecule has 1 aromatic heterocycles. The van der Waals surface area contributed by atoms with Crippen molar-refractivity contribution in [2.24, 2.45) is 0 Å². The summed E-state index contributed by atoms with van der Waals surface area (Å²) in [6, 6.07) is 13.3. The number of fused-ring (bicyclic) bond motifs is 1. The number of hydrogen-bond acceptors (Lipinski definition) is 7. The molecule has 1 amide bonds. The Labute approximate surface area is 158 Å². The zero-order valence-electron chi connectivity index (χ0n) is 13.9. The maximum absolute atomic E-state index is 12.4. The van der Waals surface area contributed by atoms with Gasteiger partial charge in [-0.25, -0.2) is 0 Å². The van der Waals surface area contributed by atoms with E-state index in [1.807, 2.05) is 12.1 Å². The maximum Gasteiger partial charge on any atom is 0.257 e. The predicted octanol–water partition coefficient (Wildman–Crippen LogP) is 4.12. The van der Waals surface area contributed by atoms with E-state index in [1.165, 1.54) is 22.5 Å². The number of nitrogens with one attached hydrogen (secondary N) is 1. The van der Waals surface area contributed by atoms with Gasteiger partial charge in [0.15, 0.2) is 15.8 Å². The molecule has 2 heterocycles. The molecule has 0 radical (unpaired) electrons. The second-order valence-corrected chi connectivity index (χ2v) is 7.81. The quantitative estimate of drug-likeness (QED) is 0.526. The number of amides is 1. The number of benzene rings is 2. The number of nitrogens with zero attached hydrogens (tertiary/aromatic N) is 2. The number of ether oxygens (including phenoxy) is 2. The lowest BCUT2D eigenvalue weighted by atomic mass is 10.1. The first-order valence-electron chi connectivity index (χ1n) is 7.91. The second kappa shape index (κ2) is 7.35. The molecule has 132 valence electrons. The molecular weight excluding hydrogens is 370 g/mol. The molecule has 3 aromatic rings. The smallest absolute Gasteiger partial charge is 0.257 e. The fourth-order valence-electron chi connectivity index (χ4n) is 2.44. The fourth-order valence-corrected chi connectivity index (χ4v) is 4.26. The van der Waals surface area contributed by atoms with Crippen molar-refractivity contribution in [3.8, 4) is 11.5 Å². The molecule has 0 spiro atoms. The molecule has 0 fully saturated rings. The molecule has 0 bridgehead atoms. The van der Waals surface area contributed by atoms with Crippen LogP contribution >= 0.6 is 23.1 Å². The molecule has 0 unspecified atom stereocenters. The van der Waals surface area contributed by atoms with Crippen LogP contribution in [0.1, 0.15) is 21.5 Å². The molecule has 0 atom stereocenters. The van der Waals surface area contributed by atoms with Gasteiger partial charge in [-0.05, 0) is 36.2 Å². The summed E-state index contributed by atoms with van der Waals surface area (Å²) in [6.07, 6.45) is 0. The summed E-state index contributed by atoms with van der Waals surface area (Å²) in [5, 5.41) is 11.4. The molecule has 0 saturated heterocycles. The minimum Gasteiger partial charge on any atom is -0.454 e. The Balaban J connectivity index is 1.39. The Kier molecular flexibility index (Phi) is 4.77. The highest BCUT2D eigenvalue weighted by Gasteiger charge is 2.17. The van der Waals surface area contributed by atoms with Crippen LogP contribution in [0.15, 0.2) is 46.8 Å². The fraction of sp³-hybridized carbons (Fsp3) is 0.167. The van der Waals surface area contributed by atoms with E-state index in [9.17, 15) is 4.79 Å². The Morgan fingerprint density at radius 2 is 2.04 bits per heavy atom. The first-order valence-corrected chi connectivity index (χ1v) is 9.71. The van der Waals surface area contributed by atoms with Crippen molar-refractivity contribution in [3.05, 3.63) is 59.2 Å². The van der Waals surface area contributed by atoms with Gasteiger partial charge in [-0.3, -0.25) is 10.1 Å². The highest BCUT2D eigenvalue weighted by atomic mass is 32.2. The van der Waals surface area contributed by atoms with E-state index in [2.05, 4.69) is 34.6 Å². The largest absolute Gasteiger partial charge is 0.454 e. The summed E-state index contributed by atoms with van der Waals surface area (Å²) in [5.41, 5.74) is 3.00. The van der Waals surface area contributed by atoms with Crippen LogP contribution in [0.3, 0.4) is 0 Å². The van der Waals surface area contributed by atoms with Crippen LogP contribution in [0.5, 0.6) is 11.5 Å². The van der Waals surface area contributed by atoms with Gasteiger partial charge in [-0.15, -0.1) is 10.2 Å². The molecule has 0 aliphatic carbocycles. The maximum atomic E-state index is 12.4. The standard InChI is InChI=1S/C18H15N3O3S2/c1-11-4-2-3-5-13(11)9-25-18-21-20-17(26-18)19-16(22)12-6-7-14-15(8-12)24-10-23-14/h2-8H,9-10H2,1H3,(H,19,20,22). The lowest BCUT2D eigenvalue weighted by molar-refractivity contribution is 0.102. The van der Waals surface area contributed by atoms with E-state index < -0.39 is 0 Å². The number of rotatable bonds is 5. The summed E-state index contributed by atoms with van der Waals surface area (Å²) in [6.45, 7) is 2.27. The summed E-state index contributed by atoms with van der Waals surface area (Å²) in [4.78, 5) is 12.4. The van der Waals surface area contributed by atoms with Gasteiger partial charge in [0.2, 0.25) is 11.9 Å². The van der Waals surface area contributed by atoms with Crippen molar-refractivity contribution in [1.82, 2.24) is 10.2 Å². The van der Waals surface area contributed by atoms with Crippen LogP contribution < -0.4 is 14.8 Å². The Hall–Kier alpha value is -2.58. The molecule has 0 saturated carbocycles. The van der Waals surface area contributed by atoms with E-state index in [4.69, 9.17) is 9.47 Å². The molecular formula is C18H15N3O3S2.